The standard InChI is InChI=1S/C16H14Cl3NO/c17-11-7-12-15(5-6-21-16(12)14(19)8-11)20-9-10-3-1-2-4-13(10)18/h1-4,7-8,15,20H,5-6,9H2. The first-order valence-corrected chi connectivity index (χ1v) is 7.87. The van der Waals surface area contributed by atoms with Crippen LogP contribution >= 0.6 is 34.8 Å². The van der Waals surface area contributed by atoms with Crippen molar-refractivity contribution in [1.82, 2.24) is 5.32 Å². The van der Waals surface area contributed by atoms with Crippen molar-refractivity contribution in [3.8, 4) is 5.75 Å². The molecule has 0 aliphatic carbocycles. The number of hydrogen-bond acceptors (Lipinski definition) is 2. The van der Waals surface area contributed by atoms with E-state index in [4.69, 9.17) is 39.5 Å². The van der Waals surface area contributed by atoms with Crippen molar-refractivity contribution < 1.29 is 4.74 Å². The third-order valence-corrected chi connectivity index (χ3v) is 4.43. The largest absolute Gasteiger partial charge is 0.492 e. The van der Waals surface area contributed by atoms with Crippen LogP contribution in [0.3, 0.4) is 0 Å². The van der Waals surface area contributed by atoms with Gasteiger partial charge in [0.2, 0.25) is 0 Å². The van der Waals surface area contributed by atoms with Crippen LogP contribution in [0.15, 0.2) is 36.4 Å². The van der Waals surface area contributed by atoms with E-state index >= 15 is 0 Å². The first-order valence-electron chi connectivity index (χ1n) is 6.73. The van der Waals surface area contributed by atoms with Crippen molar-refractivity contribution in [2.45, 2.75) is 19.0 Å². The highest BCUT2D eigenvalue weighted by Gasteiger charge is 2.24. The Kier molecular flexibility index (Phi) is 4.60. The van der Waals surface area contributed by atoms with Crippen molar-refractivity contribution in [2.24, 2.45) is 0 Å². The number of rotatable bonds is 3. The van der Waals surface area contributed by atoms with E-state index in [1.807, 2.05) is 30.3 Å². The normalized spacial score (nSPS) is 17.2. The molecule has 3 rings (SSSR count). The Morgan fingerprint density at radius 3 is 2.71 bits per heavy atom. The van der Waals surface area contributed by atoms with E-state index in [0.29, 0.717) is 23.2 Å². The summed E-state index contributed by atoms with van der Waals surface area (Å²) in [6.07, 6.45) is 0.869. The van der Waals surface area contributed by atoms with E-state index in [0.717, 1.165) is 28.3 Å². The maximum atomic E-state index is 6.20. The van der Waals surface area contributed by atoms with Gasteiger partial charge in [0.05, 0.1) is 11.6 Å². The van der Waals surface area contributed by atoms with Crippen LogP contribution in [-0.2, 0) is 6.54 Å². The van der Waals surface area contributed by atoms with Crippen LogP contribution in [0.4, 0.5) is 0 Å². The topological polar surface area (TPSA) is 21.3 Å². The summed E-state index contributed by atoms with van der Waals surface area (Å²) in [5.74, 6) is 0.726. The Labute approximate surface area is 139 Å². The summed E-state index contributed by atoms with van der Waals surface area (Å²) in [7, 11) is 0. The Morgan fingerprint density at radius 1 is 1.10 bits per heavy atom. The number of ether oxygens (including phenoxy) is 1. The van der Waals surface area contributed by atoms with Crippen LogP contribution in [0.5, 0.6) is 5.75 Å². The maximum absolute atomic E-state index is 6.20. The zero-order valence-corrected chi connectivity index (χ0v) is 13.5. The second-order valence-corrected chi connectivity index (χ2v) is 6.22. The van der Waals surface area contributed by atoms with E-state index in [2.05, 4.69) is 5.32 Å². The first kappa shape index (κ1) is 15.0. The number of nitrogens with one attached hydrogen (secondary N) is 1. The predicted octanol–water partition coefficient (Wildman–Crippen LogP) is 5.26. The summed E-state index contributed by atoms with van der Waals surface area (Å²) < 4.78 is 5.66. The molecule has 1 N–H and O–H groups in total. The first-order chi connectivity index (χ1) is 10.1. The quantitative estimate of drug-likeness (QED) is 0.821. The lowest BCUT2D eigenvalue weighted by atomic mass is 10.00. The predicted molar refractivity (Wildman–Crippen MR) is 87.6 cm³/mol. The fourth-order valence-corrected chi connectivity index (χ4v) is 3.28. The number of benzene rings is 2. The van der Waals surface area contributed by atoms with Crippen molar-refractivity contribution in [3.63, 3.8) is 0 Å². The molecule has 2 nitrogen and oxygen atoms in total. The molecular weight excluding hydrogens is 329 g/mol. The molecule has 1 aliphatic heterocycles. The summed E-state index contributed by atoms with van der Waals surface area (Å²) in [4.78, 5) is 0. The number of fused-ring (bicyclic) bond motifs is 1. The lowest BCUT2D eigenvalue weighted by molar-refractivity contribution is 0.252. The third kappa shape index (κ3) is 3.29. The molecule has 110 valence electrons. The molecule has 5 heteroatoms. The summed E-state index contributed by atoms with van der Waals surface area (Å²) in [5.41, 5.74) is 2.08. The van der Waals surface area contributed by atoms with Crippen LogP contribution in [0.1, 0.15) is 23.6 Å². The van der Waals surface area contributed by atoms with Gasteiger partial charge in [-0.25, -0.2) is 0 Å². The van der Waals surface area contributed by atoms with Crippen molar-refractivity contribution in [3.05, 3.63) is 62.6 Å². The van der Waals surface area contributed by atoms with E-state index in [-0.39, 0.29) is 6.04 Å². The minimum absolute atomic E-state index is 0.154. The smallest absolute Gasteiger partial charge is 0.142 e. The molecule has 21 heavy (non-hydrogen) atoms. The minimum Gasteiger partial charge on any atom is -0.492 e. The van der Waals surface area contributed by atoms with Crippen LogP contribution in [0, 0.1) is 0 Å². The third-order valence-electron chi connectivity index (χ3n) is 3.56. The van der Waals surface area contributed by atoms with Crippen molar-refractivity contribution >= 4 is 34.8 Å². The van der Waals surface area contributed by atoms with Gasteiger partial charge >= 0.3 is 0 Å². The van der Waals surface area contributed by atoms with Gasteiger partial charge in [-0.2, -0.15) is 0 Å². The molecule has 1 heterocycles. The highest BCUT2D eigenvalue weighted by molar-refractivity contribution is 6.35. The van der Waals surface area contributed by atoms with Gasteiger partial charge < -0.3 is 10.1 Å². The fraction of sp³-hybridized carbons (Fsp3) is 0.250. The highest BCUT2D eigenvalue weighted by Crippen LogP contribution is 2.40. The highest BCUT2D eigenvalue weighted by atomic mass is 35.5. The molecule has 0 bridgehead atoms. The van der Waals surface area contributed by atoms with Crippen LogP contribution in [0.2, 0.25) is 15.1 Å². The minimum atomic E-state index is 0.154. The Balaban J connectivity index is 1.81. The second kappa shape index (κ2) is 6.45. The van der Waals surface area contributed by atoms with Gasteiger partial charge in [-0.1, -0.05) is 53.0 Å². The van der Waals surface area contributed by atoms with Crippen LogP contribution < -0.4 is 10.1 Å². The van der Waals surface area contributed by atoms with E-state index in [9.17, 15) is 0 Å². The lowest BCUT2D eigenvalue weighted by Crippen LogP contribution is -2.27. The fourth-order valence-electron chi connectivity index (χ4n) is 2.51. The average Bonchev–Trinajstić information content (AvgIpc) is 2.46. The van der Waals surface area contributed by atoms with Crippen LogP contribution in [-0.4, -0.2) is 6.61 Å². The van der Waals surface area contributed by atoms with Gasteiger partial charge in [0, 0.05) is 34.6 Å². The van der Waals surface area contributed by atoms with Crippen molar-refractivity contribution in [2.75, 3.05) is 6.61 Å². The van der Waals surface area contributed by atoms with Gasteiger partial charge in [0.15, 0.2) is 0 Å². The van der Waals surface area contributed by atoms with Gasteiger partial charge in [-0.15, -0.1) is 0 Å². The Morgan fingerprint density at radius 2 is 1.90 bits per heavy atom. The summed E-state index contributed by atoms with van der Waals surface area (Å²) >= 11 is 18.5. The Hall–Kier alpha value is -0.930. The van der Waals surface area contributed by atoms with E-state index < -0.39 is 0 Å². The van der Waals surface area contributed by atoms with Crippen LogP contribution in [0.25, 0.3) is 0 Å². The van der Waals surface area contributed by atoms with Gasteiger partial charge in [0.1, 0.15) is 5.75 Å². The molecule has 2 aromatic rings. The molecule has 1 atom stereocenters. The zero-order chi connectivity index (χ0) is 14.8. The van der Waals surface area contributed by atoms with Gasteiger partial charge in [-0.05, 0) is 23.8 Å². The summed E-state index contributed by atoms with van der Waals surface area (Å²) in [6, 6.07) is 11.6. The molecule has 0 amide bonds. The summed E-state index contributed by atoms with van der Waals surface area (Å²) in [6.45, 7) is 1.32. The molecule has 1 aliphatic rings. The molecule has 0 radical (unpaired) electrons. The average molecular weight is 343 g/mol. The molecule has 0 saturated carbocycles. The zero-order valence-electron chi connectivity index (χ0n) is 11.2. The van der Waals surface area contributed by atoms with E-state index in [1.165, 1.54) is 0 Å². The summed E-state index contributed by atoms with van der Waals surface area (Å²) in [5, 5.41) is 5.45. The maximum Gasteiger partial charge on any atom is 0.142 e. The monoisotopic (exact) mass is 341 g/mol. The number of hydrogen-bond donors (Lipinski definition) is 1. The van der Waals surface area contributed by atoms with Gasteiger partial charge in [-0.3, -0.25) is 0 Å². The molecule has 0 fully saturated rings. The SMILES string of the molecule is Clc1cc(Cl)c2c(c1)C(NCc1ccccc1Cl)CCO2. The van der Waals surface area contributed by atoms with Crippen molar-refractivity contribution in [1.29, 1.82) is 0 Å². The molecule has 2 aromatic carbocycles. The lowest BCUT2D eigenvalue weighted by Gasteiger charge is -2.28. The Bertz CT molecular complexity index is 660. The molecule has 1 unspecified atom stereocenters. The second-order valence-electron chi connectivity index (χ2n) is 4.97. The van der Waals surface area contributed by atoms with Gasteiger partial charge in [0.25, 0.3) is 0 Å². The molecule has 0 saturated heterocycles. The molecular formula is C16H14Cl3NO. The van der Waals surface area contributed by atoms with E-state index in [1.54, 1.807) is 6.07 Å². The molecule has 0 spiro atoms. The number of halogens is 3. The molecule has 0 aromatic heterocycles.